The summed E-state index contributed by atoms with van der Waals surface area (Å²) in [6.45, 7) is 4.93. The van der Waals surface area contributed by atoms with Gasteiger partial charge in [0.05, 0.1) is 6.54 Å². The van der Waals surface area contributed by atoms with Crippen molar-refractivity contribution in [1.82, 2.24) is 24.8 Å². The summed E-state index contributed by atoms with van der Waals surface area (Å²) in [6.07, 6.45) is 9.58. The topological polar surface area (TPSA) is 58.5 Å². The van der Waals surface area contributed by atoms with Crippen molar-refractivity contribution < 1.29 is 0 Å². The summed E-state index contributed by atoms with van der Waals surface area (Å²) < 4.78 is 2.19. The van der Waals surface area contributed by atoms with Crippen LogP contribution in [0.15, 0.2) is 24.8 Å². The minimum atomic E-state index is 0.813. The van der Waals surface area contributed by atoms with Gasteiger partial charge < -0.3 is 14.9 Å². The predicted octanol–water partition coefficient (Wildman–Crippen LogP) is 1.35. The molecule has 0 aliphatic heterocycles. The zero-order chi connectivity index (χ0) is 11.9. The number of hydrogen-bond acceptors (Lipinski definition) is 3. The van der Waals surface area contributed by atoms with E-state index in [1.807, 2.05) is 18.6 Å². The third-order valence-electron chi connectivity index (χ3n) is 2.64. The molecular formula is C12H19N5. The molecule has 0 saturated carbocycles. The van der Waals surface area contributed by atoms with E-state index in [1.165, 1.54) is 0 Å². The molecular weight excluding hydrogens is 214 g/mol. The smallest absolute Gasteiger partial charge is 0.122 e. The van der Waals surface area contributed by atoms with Gasteiger partial charge in [-0.05, 0) is 6.42 Å². The van der Waals surface area contributed by atoms with Gasteiger partial charge in [0.2, 0.25) is 0 Å². The molecule has 17 heavy (non-hydrogen) atoms. The van der Waals surface area contributed by atoms with Crippen molar-refractivity contribution in [3.05, 3.63) is 36.4 Å². The summed E-state index contributed by atoms with van der Waals surface area (Å²) in [5.41, 5.74) is 0. The van der Waals surface area contributed by atoms with Gasteiger partial charge in [-0.15, -0.1) is 0 Å². The molecule has 0 fully saturated rings. The van der Waals surface area contributed by atoms with Crippen LogP contribution in [0.4, 0.5) is 0 Å². The zero-order valence-electron chi connectivity index (χ0n) is 10.2. The normalized spacial score (nSPS) is 10.9. The number of aryl methyl sites for hydroxylation is 1. The van der Waals surface area contributed by atoms with Crippen molar-refractivity contribution in [2.45, 2.75) is 32.9 Å². The molecule has 0 unspecified atom stereocenters. The lowest BCUT2D eigenvalue weighted by atomic mass is 10.4. The second kappa shape index (κ2) is 6.20. The van der Waals surface area contributed by atoms with Gasteiger partial charge in [0.25, 0.3) is 0 Å². The number of nitrogens with one attached hydrogen (secondary N) is 2. The van der Waals surface area contributed by atoms with Crippen LogP contribution in [-0.4, -0.2) is 26.1 Å². The highest BCUT2D eigenvalue weighted by Crippen LogP contribution is 1.99. The number of imidazole rings is 2. The lowest BCUT2D eigenvalue weighted by Gasteiger charge is -2.07. The molecule has 5 nitrogen and oxygen atoms in total. The third-order valence-corrected chi connectivity index (χ3v) is 2.64. The first-order valence-corrected chi connectivity index (χ1v) is 6.09. The molecule has 0 aliphatic rings. The fourth-order valence-electron chi connectivity index (χ4n) is 1.79. The van der Waals surface area contributed by atoms with Gasteiger partial charge in [0, 0.05) is 44.3 Å². The Morgan fingerprint density at radius 3 is 3.06 bits per heavy atom. The molecule has 0 aromatic carbocycles. The lowest BCUT2D eigenvalue weighted by Crippen LogP contribution is -2.20. The summed E-state index contributed by atoms with van der Waals surface area (Å²) in [6, 6.07) is 0. The van der Waals surface area contributed by atoms with Crippen molar-refractivity contribution in [1.29, 1.82) is 0 Å². The van der Waals surface area contributed by atoms with Gasteiger partial charge >= 0.3 is 0 Å². The molecule has 0 spiro atoms. The van der Waals surface area contributed by atoms with Crippen molar-refractivity contribution in [2.24, 2.45) is 0 Å². The lowest BCUT2D eigenvalue weighted by molar-refractivity contribution is 0.586. The van der Waals surface area contributed by atoms with E-state index in [0.29, 0.717) is 0 Å². The molecule has 0 saturated heterocycles. The largest absolute Gasteiger partial charge is 0.349 e. The van der Waals surface area contributed by atoms with Crippen molar-refractivity contribution in [3.8, 4) is 0 Å². The van der Waals surface area contributed by atoms with Crippen molar-refractivity contribution in [3.63, 3.8) is 0 Å². The molecule has 0 radical (unpaired) electrons. The quantitative estimate of drug-likeness (QED) is 0.710. The molecule has 2 N–H and O–H groups in total. The number of H-pyrrole nitrogens is 1. The molecule has 2 heterocycles. The molecule has 5 heteroatoms. The Hall–Kier alpha value is -1.62. The minimum Gasteiger partial charge on any atom is -0.349 e. The fourth-order valence-corrected chi connectivity index (χ4v) is 1.79. The summed E-state index contributed by atoms with van der Waals surface area (Å²) in [5.74, 6) is 2.13. The first-order chi connectivity index (χ1) is 8.40. The molecule has 92 valence electrons. The van der Waals surface area contributed by atoms with Gasteiger partial charge in [0.1, 0.15) is 11.6 Å². The second-order valence-corrected chi connectivity index (χ2v) is 4.00. The summed E-state index contributed by atoms with van der Waals surface area (Å²) in [4.78, 5) is 11.6. The van der Waals surface area contributed by atoms with E-state index in [0.717, 1.165) is 44.1 Å². The molecule has 0 amide bonds. The van der Waals surface area contributed by atoms with Crippen molar-refractivity contribution in [2.75, 3.05) is 6.54 Å². The summed E-state index contributed by atoms with van der Waals surface area (Å²) >= 11 is 0. The highest BCUT2D eigenvalue weighted by atomic mass is 15.1. The van der Waals surface area contributed by atoms with Crippen LogP contribution in [0.3, 0.4) is 0 Å². The van der Waals surface area contributed by atoms with Gasteiger partial charge in [-0.25, -0.2) is 9.97 Å². The summed E-state index contributed by atoms with van der Waals surface area (Å²) in [5, 5.41) is 3.38. The van der Waals surface area contributed by atoms with E-state index >= 15 is 0 Å². The molecule has 2 rings (SSSR count). The first-order valence-electron chi connectivity index (χ1n) is 6.09. The third kappa shape index (κ3) is 3.42. The molecule has 2 aromatic heterocycles. The monoisotopic (exact) mass is 233 g/mol. The predicted molar refractivity (Wildman–Crippen MR) is 66.5 cm³/mol. The Balaban J connectivity index is 1.72. The second-order valence-electron chi connectivity index (χ2n) is 4.00. The highest BCUT2D eigenvalue weighted by molar-refractivity contribution is 4.92. The van der Waals surface area contributed by atoms with Crippen LogP contribution in [0.2, 0.25) is 0 Å². The number of aromatic amines is 1. The number of nitrogens with zero attached hydrogens (tertiary/aromatic N) is 3. The minimum absolute atomic E-state index is 0.813. The Morgan fingerprint density at radius 2 is 2.29 bits per heavy atom. The van der Waals surface area contributed by atoms with Gasteiger partial charge in [-0.1, -0.05) is 6.92 Å². The average Bonchev–Trinajstić information content (AvgIpc) is 2.96. The molecule has 0 aliphatic carbocycles. The van der Waals surface area contributed by atoms with Gasteiger partial charge in [-0.3, -0.25) is 0 Å². The van der Waals surface area contributed by atoms with E-state index in [1.54, 1.807) is 6.20 Å². The number of rotatable bonds is 7. The maximum Gasteiger partial charge on any atom is 0.122 e. The van der Waals surface area contributed by atoms with Crippen LogP contribution in [0.25, 0.3) is 0 Å². The van der Waals surface area contributed by atoms with E-state index in [-0.39, 0.29) is 0 Å². The van der Waals surface area contributed by atoms with Crippen LogP contribution < -0.4 is 5.32 Å². The highest BCUT2D eigenvalue weighted by Gasteiger charge is 2.01. The SMILES string of the molecule is CCCn1ccnc1CNCCc1ncc[nH]1. The van der Waals surface area contributed by atoms with Crippen LogP contribution in [-0.2, 0) is 19.5 Å². The Morgan fingerprint density at radius 1 is 1.35 bits per heavy atom. The Labute approximate surface area is 101 Å². The molecule has 0 bridgehead atoms. The van der Waals surface area contributed by atoms with E-state index in [4.69, 9.17) is 0 Å². The average molecular weight is 233 g/mol. The molecule has 0 atom stereocenters. The van der Waals surface area contributed by atoms with Crippen LogP contribution in [0.5, 0.6) is 0 Å². The van der Waals surface area contributed by atoms with Gasteiger partial charge in [-0.2, -0.15) is 0 Å². The van der Waals surface area contributed by atoms with Crippen molar-refractivity contribution >= 4 is 0 Å². The summed E-state index contributed by atoms with van der Waals surface area (Å²) in [7, 11) is 0. The molecule has 2 aromatic rings. The standard InChI is InChI=1S/C12H19N5/c1-2-8-17-9-7-16-12(17)10-13-4-3-11-14-5-6-15-11/h5-7,9,13H,2-4,8,10H2,1H3,(H,14,15). The number of aromatic nitrogens is 4. The van der Waals surface area contributed by atoms with E-state index < -0.39 is 0 Å². The Bertz CT molecular complexity index is 418. The van der Waals surface area contributed by atoms with Crippen LogP contribution in [0, 0.1) is 0 Å². The van der Waals surface area contributed by atoms with E-state index in [9.17, 15) is 0 Å². The maximum atomic E-state index is 4.35. The first kappa shape index (κ1) is 11.9. The zero-order valence-corrected chi connectivity index (χ0v) is 10.2. The van der Waals surface area contributed by atoms with Gasteiger partial charge in [0.15, 0.2) is 0 Å². The Kier molecular flexibility index (Phi) is 4.32. The van der Waals surface area contributed by atoms with Crippen LogP contribution >= 0.6 is 0 Å². The fraction of sp³-hybridized carbons (Fsp3) is 0.500. The van der Waals surface area contributed by atoms with Crippen LogP contribution in [0.1, 0.15) is 25.0 Å². The number of hydrogen-bond donors (Lipinski definition) is 2. The maximum absolute atomic E-state index is 4.35. The van der Waals surface area contributed by atoms with E-state index in [2.05, 4.69) is 31.8 Å².